The molecule has 0 saturated heterocycles. The minimum atomic E-state index is 0.360. The van der Waals surface area contributed by atoms with Gasteiger partial charge in [0.1, 0.15) is 17.6 Å². The normalized spacial score (nSPS) is 10.6. The molecule has 0 bridgehead atoms. The highest BCUT2D eigenvalue weighted by atomic mass is 35.5. The summed E-state index contributed by atoms with van der Waals surface area (Å²) in [6.45, 7) is 7.01. The highest BCUT2D eigenvalue weighted by Gasteiger charge is 2.05. The first-order chi connectivity index (χ1) is 9.58. The average molecular weight is 292 g/mol. The summed E-state index contributed by atoms with van der Waals surface area (Å²) in [5, 5.41) is 3.68. The van der Waals surface area contributed by atoms with Gasteiger partial charge in [0.25, 0.3) is 0 Å². The zero-order valence-electron chi connectivity index (χ0n) is 11.9. The predicted molar refractivity (Wildman–Crippen MR) is 81.6 cm³/mol. The van der Waals surface area contributed by atoms with E-state index in [1.165, 1.54) is 5.56 Å². The molecular formula is C15H18ClN3O. The fourth-order valence-corrected chi connectivity index (χ4v) is 2.00. The lowest BCUT2D eigenvalue weighted by Crippen LogP contribution is -2.03. The lowest BCUT2D eigenvalue weighted by molar-refractivity contribution is 0.128. The fourth-order valence-electron chi connectivity index (χ4n) is 1.80. The first kappa shape index (κ1) is 14.8. The van der Waals surface area contributed by atoms with Gasteiger partial charge in [-0.05, 0) is 38.0 Å². The van der Waals surface area contributed by atoms with Gasteiger partial charge < -0.3 is 10.1 Å². The van der Waals surface area contributed by atoms with Crippen LogP contribution in [0.15, 0.2) is 24.3 Å². The number of nitrogens with zero attached hydrogens (tertiary/aromatic N) is 2. The Morgan fingerprint density at radius 1 is 1.20 bits per heavy atom. The minimum absolute atomic E-state index is 0.360. The molecule has 0 radical (unpaired) electrons. The summed E-state index contributed by atoms with van der Waals surface area (Å²) in [5.74, 6) is 1.25. The molecule has 0 aliphatic heterocycles. The van der Waals surface area contributed by atoms with Gasteiger partial charge in [-0.25, -0.2) is 9.97 Å². The molecule has 106 valence electrons. The largest absolute Gasteiger partial charge is 0.374 e. The molecule has 0 aliphatic rings. The molecule has 0 atom stereocenters. The highest BCUT2D eigenvalue weighted by Crippen LogP contribution is 2.22. The first-order valence-electron chi connectivity index (χ1n) is 6.54. The quantitative estimate of drug-likeness (QED) is 0.845. The molecule has 1 heterocycles. The number of hydrogen-bond donors (Lipinski definition) is 1. The Bertz CT molecular complexity index is 602. The first-order valence-corrected chi connectivity index (χ1v) is 6.91. The molecule has 1 N–H and O–H groups in total. The van der Waals surface area contributed by atoms with E-state index in [0.29, 0.717) is 30.0 Å². The number of anilines is 2. The average Bonchev–Trinajstić information content (AvgIpc) is 2.40. The molecule has 5 heteroatoms. The van der Waals surface area contributed by atoms with E-state index < -0.39 is 0 Å². The summed E-state index contributed by atoms with van der Waals surface area (Å²) < 4.78 is 5.31. The second-order valence-electron chi connectivity index (χ2n) is 4.57. The molecule has 0 aliphatic carbocycles. The van der Waals surface area contributed by atoms with Crippen molar-refractivity contribution in [3.63, 3.8) is 0 Å². The van der Waals surface area contributed by atoms with Crippen LogP contribution in [0.25, 0.3) is 0 Å². The summed E-state index contributed by atoms with van der Waals surface area (Å²) in [6.07, 6.45) is 0. The molecule has 0 fully saturated rings. The fraction of sp³-hybridized carbons (Fsp3) is 0.333. The Balaban J connectivity index is 2.24. The van der Waals surface area contributed by atoms with E-state index in [-0.39, 0.29) is 0 Å². The van der Waals surface area contributed by atoms with Crippen LogP contribution in [-0.2, 0) is 11.3 Å². The molecule has 20 heavy (non-hydrogen) atoms. The number of ether oxygens (including phenoxy) is 1. The lowest BCUT2D eigenvalue weighted by atomic mass is 10.1. The third-order valence-electron chi connectivity index (χ3n) is 2.83. The van der Waals surface area contributed by atoms with Crippen molar-refractivity contribution in [2.24, 2.45) is 0 Å². The van der Waals surface area contributed by atoms with Crippen LogP contribution in [0, 0.1) is 13.8 Å². The third-order valence-corrected chi connectivity index (χ3v) is 3.03. The van der Waals surface area contributed by atoms with Gasteiger partial charge in [-0.15, -0.1) is 0 Å². The SMILES string of the molecule is CCOCc1nc(Cl)cc(Nc2cc(C)ccc2C)n1. The number of aryl methyl sites for hydroxylation is 2. The summed E-state index contributed by atoms with van der Waals surface area (Å²) in [6, 6.07) is 7.93. The Labute approximate surface area is 124 Å². The van der Waals surface area contributed by atoms with Crippen LogP contribution >= 0.6 is 11.6 Å². The number of benzene rings is 1. The summed E-state index contributed by atoms with van der Waals surface area (Å²) in [5.41, 5.74) is 3.35. The monoisotopic (exact) mass is 291 g/mol. The van der Waals surface area contributed by atoms with Gasteiger partial charge >= 0.3 is 0 Å². The zero-order valence-corrected chi connectivity index (χ0v) is 12.7. The van der Waals surface area contributed by atoms with Gasteiger partial charge in [0.2, 0.25) is 0 Å². The predicted octanol–water partition coefficient (Wildman–Crippen LogP) is 4.03. The maximum Gasteiger partial charge on any atom is 0.158 e. The van der Waals surface area contributed by atoms with Crippen LogP contribution in [0.5, 0.6) is 0 Å². The van der Waals surface area contributed by atoms with Crippen molar-refractivity contribution in [3.05, 3.63) is 46.4 Å². The van der Waals surface area contributed by atoms with Crippen LogP contribution < -0.4 is 5.32 Å². The third kappa shape index (κ3) is 3.92. The zero-order chi connectivity index (χ0) is 14.5. The van der Waals surface area contributed by atoms with Crippen LogP contribution in [0.2, 0.25) is 5.15 Å². The second kappa shape index (κ2) is 6.68. The van der Waals surface area contributed by atoms with Crippen LogP contribution in [0.1, 0.15) is 23.9 Å². The summed E-state index contributed by atoms with van der Waals surface area (Å²) >= 11 is 6.02. The van der Waals surface area contributed by atoms with Crippen molar-refractivity contribution in [1.29, 1.82) is 0 Å². The topological polar surface area (TPSA) is 47.0 Å². The van der Waals surface area contributed by atoms with E-state index in [1.54, 1.807) is 6.07 Å². The maximum absolute atomic E-state index is 6.02. The van der Waals surface area contributed by atoms with E-state index in [4.69, 9.17) is 16.3 Å². The number of halogens is 1. The van der Waals surface area contributed by atoms with Crippen LogP contribution in [0.4, 0.5) is 11.5 Å². The molecular weight excluding hydrogens is 274 g/mol. The van der Waals surface area contributed by atoms with Crippen molar-refractivity contribution in [1.82, 2.24) is 9.97 Å². The molecule has 0 amide bonds. The Morgan fingerprint density at radius 3 is 2.75 bits per heavy atom. The smallest absolute Gasteiger partial charge is 0.158 e. The van der Waals surface area contributed by atoms with Gasteiger partial charge in [0.05, 0.1) is 0 Å². The van der Waals surface area contributed by atoms with E-state index in [2.05, 4.69) is 40.4 Å². The van der Waals surface area contributed by atoms with Crippen LogP contribution in [-0.4, -0.2) is 16.6 Å². The van der Waals surface area contributed by atoms with Gasteiger partial charge in [-0.2, -0.15) is 0 Å². The van der Waals surface area contributed by atoms with Crippen molar-refractivity contribution in [3.8, 4) is 0 Å². The molecule has 0 spiro atoms. The van der Waals surface area contributed by atoms with Crippen molar-refractivity contribution in [2.75, 3.05) is 11.9 Å². The van der Waals surface area contributed by atoms with E-state index >= 15 is 0 Å². The van der Waals surface area contributed by atoms with Crippen molar-refractivity contribution < 1.29 is 4.74 Å². The number of hydrogen-bond acceptors (Lipinski definition) is 4. The Kier molecular flexibility index (Phi) is 4.93. The molecule has 0 unspecified atom stereocenters. The van der Waals surface area contributed by atoms with Gasteiger partial charge in [-0.1, -0.05) is 23.7 Å². The van der Waals surface area contributed by atoms with E-state index in [0.717, 1.165) is 11.3 Å². The number of aromatic nitrogens is 2. The van der Waals surface area contributed by atoms with Crippen molar-refractivity contribution >= 4 is 23.1 Å². The van der Waals surface area contributed by atoms with E-state index in [9.17, 15) is 0 Å². The maximum atomic E-state index is 6.02. The summed E-state index contributed by atoms with van der Waals surface area (Å²) in [4.78, 5) is 8.55. The Morgan fingerprint density at radius 2 is 2.00 bits per heavy atom. The minimum Gasteiger partial charge on any atom is -0.374 e. The Hall–Kier alpha value is -1.65. The molecule has 1 aromatic heterocycles. The molecule has 1 aromatic carbocycles. The standard InChI is InChI=1S/C15H18ClN3O/c1-4-20-9-15-18-13(16)8-14(19-15)17-12-7-10(2)5-6-11(12)3/h5-8H,4,9H2,1-3H3,(H,17,18,19). The lowest BCUT2D eigenvalue weighted by Gasteiger charge is -2.11. The van der Waals surface area contributed by atoms with Crippen molar-refractivity contribution in [2.45, 2.75) is 27.4 Å². The summed E-state index contributed by atoms with van der Waals surface area (Å²) in [7, 11) is 0. The van der Waals surface area contributed by atoms with Gasteiger partial charge in [-0.3, -0.25) is 0 Å². The number of nitrogens with one attached hydrogen (secondary N) is 1. The molecule has 4 nitrogen and oxygen atoms in total. The molecule has 2 rings (SSSR count). The second-order valence-corrected chi connectivity index (χ2v) is 4.96. The number of rotatable bonds is 5. The van der Waals surface area contributed by atoms with Gasteiger partial charge in [0.15, 0.2) is 5.82 Å². The van der Waals surface area contributed by atoms with Gasteiger partial charge in [0, 0.05) is 18.4 Å². The molecule has 0 saturated carbocycles. The van der Waals surface area contributed by atoms with Crippen LogP contribution in [0.3, 0.4) is 0 Å². The van der Waals surface area contributed by atoms with E-state index in [1.807, 2.05) is 13.8 Å². The molecule has 2 aromatic rings. The highest BCUT2D eigenvalue weighted by molar-refractivity contribution is 6.29.